The average Bonchev–Trinajstić information content (AvgIpc) is 3.40. The van der Waals surface area contributed by atoms with Crippen LogP contribution in [0.25, 0.3) is 21.5 Å². The van der Waals surface area contributed by atoms with Crippen LogP contribution in [0.5, 0.6) is 0 Å². The van der Waals surface area contributed by atoms with Crippen LogP contribution in [0.2, 0.25) is 0 Å². The van der Waals surface area contributed by atoms with Gasteiger partial charge in [0.25, 0.3) is 5.91 Å². The fourth-order valence-electron chi connectivity index (χ4n) is 4.39. The minimum atomic E-state index is -0.397. The van der Waals surface area contributed by atoms with Gasteiger partial charge in [-0.2, -0.15) is 0 Å². The van der Waals surface area contributed by atoms with E-state index in [9.17, 15) is 9.59 Å². The first-order valence-electron chi connectivity index (χ1n) is 11.0. The van der Waals surface area contributed by atoms with Crippen LogP contribution in [0, 0.1) is 12.8 Å². The highest BCUT2D eigenvalue weighted by molar-refractivity contribution is 7.17. The minimum Gasteiger partial charge on any atom is -0.465 e. The number of methoxy groups -OCH3 is 1. The summed E-state index contributed by atoms with van der Waals surface area (Å²) in [6, 6.07) is 13.6. The first-order chi connectivity index (χ1) is 15.9. The lowest BCUT2D eigenvalue weighted by Gasteiger charge is -2.18. The van der Waals surface area contributed by atoms with E-state index < -0.39 is 5.97 Å². The van der Waals surface area contributed by atoms with Gasteiger partial charge in [-0.15, -0.1) is 22.7 Å². The monoisotopic (exact) mass is 476 g/mol. The SMILES string of the molecule is COC(=O)c1c(NC(=O)c2cc(-c3ccc(C)s3)nc3ccccc23)sc2c1CC[C@@H](C)C2. The Labute approximate surface area is 200 Å². The van der Waals surface area contributed by atoms with Crippen molar-refractivity contribution in [2.24, 2.45) is 5.92 Å². The summed E-state index contributed by atoms with van der Waals surface area (Å²) in [7, 11) is 1.38. The second-order valence-corrected chi connectivity index (χ2v) is 10.9. The van der Waals surface area contributed by atoms with Gasteiger partial charge in [0.2, 0.25) is 0 Å². The minimum absolute atomic E-state index is 0.250. The summed E-state index contributed by atoms with van der Waals surface area (Å²) in [5.41, 5.74) is 3.60. The highest BCUT2D eigenvalue weighted by Gasteiger charge is 2.29. The Balaban J connectivity index is 1.58. The van der Waals surface area contributed by atoms with Crippen molar-refractivity contribution in [2.45, 2.75) is 33.1 Å². The third-order valence-corrected chi connectivity index (χ3v) is 8.27. The number of esters is 1. The largest absolute Gasteiger partial charge is 0.465 e. The number of fused-ring (bicyclic) bond motifs is 2. The Morgan fingerprint density at radius 2 is 1.97 bits per heavy atom. The Kier molecular flexibility index (Phi) is 5.76. The van der Waals surface area contributed by atoms with Gasteiger partial charge >= 0.3 is 5.97 Å². The number of hydrogen-bond donors (Lipinski definition) is 1. The molecule has 1 aromatic carbocycles. The Hall–Kier alpha value is -3.03. The third kappa shape index (κ3) is 4.07. The molecule has 1 amide bonds. The van der Waals surface area contributed by atoms with E-state index in [4.69, 9.17) is 9.72 Å². The van der Waals surface area contributed by atoms with Crippen LogP contribution in [-0.4, -0.2) is 24.0 Å². The molecule has 0 unspecified atom stereocenters. The van der Waals surface area contributed by atoms with Crippen molar-refractivity contribution >= 4 is 50.5 Å². The van der Waals surface area contributed by atoms with Gasteiger partial charge in [0.1, 0.15) is 5.00 Å². The number of ether oxygens (including phenoxy) is 1. The van der Waals surface area contributed by atoms with Crippen molar-refractivity contribution in [1.82, 2.24) is 4.98 Å². The Morgan fingerprint density at radius 3 is 2.73 bits per heavy atom. The summed E-state index contributed by atoms with van der Waals surface area (Å²) in [6.07, 6.45) is 2.77. The van der Waals surface area contributed by atoms with Crippen LogP contribution >= 0.6 is 22.7 Å². The van der Waals surface area contributed by atoms with E-state index in [1.54, 1.807) is 11.3 Å². The molecule has 1 N–H and O–H groups in total. The van der Waals surface area contributed by atoms with Crippen molar-refractivity contribution in [3.05, 3.63) is 68.9 Å². The lowest BCUT2D eigenvalue weighted by molar-refractivity contribution is 0.0601. The molecule has 5 rings (SSSR count). The number of aromatic nitrogens is 1. The van der Waals surface area contributed by atoms with Gasteiger partial charge in [-0.1, -0.05) is 25.1 Å². The normalized spacial score (nSPS) is 15.3. The molecule has 0 radical (unpaired) electrons. The van der Waals surface area contributed by atoms with E-state index >= 15 is 0 Å². The van der Waals surface area contributed by atoms with Gasteiger partial charge in [0, 0.05) is 15.1 Å². The van der Waals surface area contributed by atoms with Gasteiger partial charge in [0.15, 0.2) is 0 Å². The van der Waals surface area contributed by atoms with Gasteiger partial charge in [-0.05, 0) is 61.9 Å². The van der Waals surface area contributed by atoms with Crippen LogP contribution in [0.15, 0.2) is 42.5 Å². The number of para-hydroxylation sites is 1. The Bertz CT molecular complexity index is 1390. The summed E-state index contributed by atoms with van der Waals surface area (Å²) in [4.78, 5) is 34.4. The fourth-order valence-corrected chi connectivity index (χ4v) is 6.61. The number of rotatable bonds is 4. The number of carbonyl (C=O) groups excluding carboxylic acids is 2. The molecule has 4 aromatic rings. The zero-order valence-electron chi connectivity index (χ0n) is 18.7. The highest BCUT2D eigenvalue weighted by atomic mass is 32.1. The summed E-state index contributed by atoms with van der Waals surface area (Å²) >= 11 is 3.14. The van der Waals surface area contributed by atoms with Crippen molar-refractivity contribution in [2.75, 3.05) is 12.4 Å². The standard InChI is InChI=1S/C26H24N2O3S2/c1-14-8-10-17-22(12-14)33-25(23(17)26(30)31-3)28-24(29)18-13-20(21-11-9-15(2)32-21)27-19-7-5-4-6-16(18)19/h4-7,9,11,13-14H,8,10,12H2,1-3H3,(H,28,29)/t14-/m1/s1. The number of hydrogen-bond acceptors (Lipinski definition) is 6. The predicted octanol–water partition coefficient (Wildman–Crippen LogP) is 6.50. The molecule has 0 fully saturated rings. The molecule has 33 heavy (non-hydrogen) atoms. The van der Waals surface area contributed by atoms with Crippen LogP contribution in [-0.2, 0) is 17.6 Å². The van der Waals surface area contributed by atoms with E-state index in [1.165, 1.54) is 28.2 Å². The van der Waals surface area contributed by atoms with Crippen LogP contribution in [0.4, 0.5) is 5.00 Å². The molecular weight excluding hydrogens is 452 g/mol. The van der Waals surface area contributed by atoms with Crippen molar-refractivity contribution < 1.29 is 14.3 Å². The van der Waals surface area contributed by atoms with Crippen molar-refractivity contribution in [3.8, 4) is 10.6 Å². The molecule has 1 aliphatic carbocycles. The molecule has 0 saturated carbocycles. The first-order valence-corrected chi connectivity index (χ1v) is 12.6. The topological polar surface area (TPSA) is 68.3 Å². The number of nitrogens with zero attached hydrogens (tertiary/aromatic N) is 1. The number of nitrogens with one attached hydrogen (secondary N) is 1. The molecule has 5 nitrogen and oxygen atoms in total. The molecule has 7 heteroatoms. The van der Waals surface area contributed by atoms with E-state index in [0.29, 0.717) is 22.0 Å². The number of thiophene rings is 2. The number of carbonyl (C=O) groups is 2. The molecule has 0 spiro atoms. The van der Waals surface area contributed by atoms with E-state index in [1.807, 2.05) is 36.4 Å². The van der Waals surface area contributed by atoms with E-state index in [-0.39, 0.29) is 5.91 Å². The number of amides is 1. The molecule has 3 aromatic heterocycles. The predicted molar refractivity (Wildman–Crippen MR) is 135 cm³/mol. The average molecular weight is 477 g/mol. The summed E-state index contributed by atoms with van der Waals surface area (Å²) < 4.78 is 5.07. The quantitative estimate of drug-likeness (QED) is 0.342. The smallest absolute Gasteiger partial charge is 0.341 e. The first kappa shape index (κ1) is 21.8. The molecule has 168 valence electrons. The second-order valence-electron chi connectivity index (χ2n) is 8.48. The Morgan fingerprint density at radius 1 is 1.15 bits per heavy atom. The molecule has 1 atom stereocenters. The lowest BCUT2D eigenvalue weighted by atomic mass is 9.88. The van der Waals surface area contributed by atoms with Gasteiger partial charge < -0.3 is 10.1 Å². The molecule has 3 heterocycles. The summed E-state index contributed by atoms with van der Waals surface area (Å²) in [6.45, 7) is 4.27. The van der Waals surface area contributed by atoms with E-state index in [2.05, 4.69) is 25.2 Å². The number of aryl methyl sites for hydroxylation is 1. The van der Waals surface area contributed by atoms with Crippen LogP contribution in [0.3, 0.4) is 0 Å². The zero-order chi connectivity index (χ0) is 23.1. The third-order valence-electron chi connectivity index (χ3n) is 6.08. The number of pyridine rings is 1. The van der Waals surface area contributed by atoms with Crippen LogP contribution < -0.4 is 5.32 Å². The van der Waals surface area contributed by atoms with Gasteiger partial charge in [-0.3, -0.25) is 4.79 Å². The molecule has 1 aliphatic rings. The lowest BCUT2D eigenvalue weighted by Crippen LogP contribution is -2.16. The van der Waals surface area contributed by atoms with Gasteiger partial charge in [-0.25, -0.2) is 9.78 Å². The van der Waals surface area contributed by atoms with Crippen molar-refractivity contribution in [3.63, 3.8) is 0 Å². The second kappa shape index (κ2) is 8.72. The zero-order valence-corrected chi connectivity index (χ0v) is 20.4. The molecule has 0 saturated heterocycles. The van der Waals surface area contributed by atoms with E-state index in [0.717, 1.165) is 46.3 Å². The molecule has 0 aliphatic heterocycles. The summed E-state index contributed by atoms with van der Waals surface area (Å²) in [5, 5.41) is 4.39. The van der Waals surface area contributed by atoms with Crippen LogP contribution in [0.1, 0.15) is 49.4 Å². The maximum Gasteiger partial charge on any atom is 0.341 e. The maximum atomic E-state index is 13.6. The maximum absolute atomic E-state index is 13.6. The number of benzene rings is 1. The molecule has 0 bridgehead atoms. The van der Waals surface area contributed by atoms with Crippen molar-refractivity contribution in [1.29, 1.82) is 0 Å². The van der Waals surface area contributed by atoms with Gasteiger partial charge in [0.05, 0.1) is 34.3 Å². The number of anilines is 1. The summed E-state index contributed by atoms with van der Waals surface area (Å²) in [5.74, 6) is -0.0854. The molecular formula is C26H24N2O3S2. The fraction of sp³-hybridized carbons (Fsp3) is 0.269. The highest BCUT2D eigenvalue weighted by Crippen LogP contribution is 2.40.